The number of anilines is 1. The highest BCUT2D eigenvalue weighted by Crippen LogP contribution is 2.31. The molecule has 3 aromatic rings. The number of aryl methyl sites for hydroxylation is 1. The van der Waals surface area contributed by atoms with Crippen molar-refractivity contribution in [1.29, 1.82) is 0 Å². The normalized spacial score (nSPS) is 13.2. The van der Waals surface area contributed by atoms with Crippen molar-refractivity contribution in [3.63, 3.8) is 0 Å². The molecule has 10 heteroatoms. The largest absolute Gasteiger partial charge is 0.490 e. The molecule has 2 aromatic carbocycles. The summed E-state index contributed by atoms with van der Waals surface area (Å²) in [4.78, 5) is 30.3. The van der Waals surface area contributed by atoms with E-state index < -0.39 is 5.91 Å². The minimum Gasteiger partial charge on any atom is -0.490 e. The zero-order chi connectivity index (χ0) is 26.2. The predicted molar refractivity (Wildman–Crippen MR) is 142 cm³/mol. The molecule has 0 bridgehead atoms. The van der Waals surface area contributed by atoms with Crippen LogP contribution in [0, 0.1) is 6.92 Å². The Kier molecular flexibility index (Phi) is 8.81. The monoisotopic (exact) mass is 523 g/mol. The standard InChI is InChI=1S/C27H30ClN5O4/c1-18-13-23(25(16-22(18)28)36-12-11-33-9-2-3-10-33)32-27(35)31-17-19-5-4-6-20(14-19)37-21-7-8-30-24(15-21)26(29)34/h4-8,13-16H,2-3,9-12,17H2,1H3,(H2,29,34)(H2,31,32,35). The maximum absolute atomic E-state index is 12.7. The molecule has 0 unspecified atom stereocenters. The molecule has 0 saturated carbocycles. The van der Waals surface area contributed by atoms with Gasteiger partial charge in [0, 0.05) is 36.4 Å². The lowest BCUT2D eigenvalue weighted by Crippen LogP contribution is -2.29. The van der Waals surface area contributed by atoms with Gasteiger partial charge in [-0.1, -0.05) is 23.7 Å². The fraction of sp³-hybridized carbons (Fsp3) is 0.296. The third-order valence-corrected chi connectivity index (χ3v) is 6.35. The van der Waals surface area contributed by atoms with Crippen LogP contribution in [0.5, 0.6) is 17.2 Å². The average molecular weight is 524 g/mol. The Morgan fingerprint density at radius 3 is 2.68 bits per heavy atom. The first-order chi connectivity index (χ1) is 17.9. The molecule has 1 fully saturated rings. The summed E-state index contributed by atoms with van der Waals surface area (Å²) in [5.74, 6) is 0.879. The van der Waals surface area contributed by atoms with Crippen molar-refractivity contribution in [2.45, 2.75) is 26.3 Å². The Bertz CT molecular complexity index is 1260. The quantitative estimate of drug-likeness (QED) is 0.353. The van der Waals surface area contributed by atoms with Gasteiger partial charge in [-0.2, -0.15) is 0 Å². The van der Waals surface area contributed by atoms with Crippen LogP contribution in [0.15, 0.2) is 54.7 Å². The molecule has 0 spiro atoms. The van der Waals surface area contributed by atoms with Crippen LogP contribution in [0.2, 0.25) is 5.02 Å². The summed E-state index contributed by atoms with van der Waals surface area (Å²) in [6, 6.07) is 13.5. The molecule has 9 nitrogen and oxygen atoms in total. The van der Waals surface area contributed by atoms with Crippen molar-refractivity contribution < 1.29 is 19.1 Å². The van der Waals surface area contributed by atoms with Crippen molar-refractivity contribution >= 4 is 29.2 Å². The topological polar surface area (TPSA) is 119 Å². The zero-order valence-corrected chi connectivity index (χ0v) is 21.4. The molecule has 4 rings (SSSR count). The zero-order valence-electron chi connectivity index (χ0n) is 20.6. The summed E-state index contributed by atoms with van der Waals surface area (Å²) in [6.07, 6.45) is 3.89. The van der Waals surface area contributed by atoms with Crippen molar-refractivity contribution in [1.82, 2.24) is 15.2 Å². The van der Waals surface area contributed by atoms with Crippen LogP contribution in [-0.2, 0) is 6.54 Å². The fourth-order valence-corrected chi connectivity index (χ4v) is 4.14. The van der Waals surface area contributed by atoms with Crippen molar-refractivity contribution in [2.24, 2.45) is 5.73 Å². The molecule has 4 N–H and O–H groups in total. The summed E-state index contributed by atoms with van der Waals surface area (Å²) < 4.78 is 11.8. The van der Waals surface area contributed by atoms with Crippen LogP contribution in [-0.4, -0.2) is 48.1 Å². The number of nitrogens with zero attached hydrogens (tertiary/aromatic N) is 2. The number of amides is 3. The van der Waals surface area contributed by atoms with Crippen LogP contribution >= 0.6 is 11.6 Å². The van der Waals surface area contributed by atoms with Gasteiger partial charge in [0.2, 0.25) is 0 Å². The number of rotatable bonds is 10. The maximum atomic E-state index is 12.7. The number of likely N-dealkylation sites (tertiary alicyclic amines) is 1. The van der Waals surface area contributed by atoms with Gasteiger partial charge in [0.05, 0.1) is 5.69 Å². The van der Waals surface area contributed by atoms with E-state index >= 15 is 0 Å². The number of ether oxygens (including phenoxy) is 2. The smallest absolute Gasteiger partial charge is 0.319 e. The number of primary amides is 1. The molecule has 2 heterocycles. The van der Waals surface area contributed by atoms with Crippen molar-refractivity contribution in [3.05, 3.63) is 76.6 Å². The number of urea groups is 1. The number of nitrogens with two attached hydrogens (primary N) is 1. The van der Waals surface area contributed by atoms with E-state index in [-0.39, 0.29) is 18.3 Å². The molecule has 37 heavy (non-hydrogen) atoms. The number of carbonyl (C=O) groups excluding carboxylic acids is 2. The third-order valence-electron chi connectivity index (χ3n) is 5.94. The number of pyridine rings is 1. The van der Waals surface area contributed by atoms with E-state index in [1.807, 2.05) is 19.1 Å². The van der Waals surface area contributed by atoms with Gasteiger partial charge in [0.15, 0.2) is 0 Å². The van der Waals surface area contributed by atoms with E-state index in [9.17, 15) is 9.59 Å². The van der Waals surface area contributed by atoms with E-state index in [0.717, 1.165) is 30.8 Å². The second-order valence-electron chi connectivity index (χ2n) is 8.79. The molecule has 1 aromatic heterocycles. The highest BCUT2D eigenvalue weighted by molar-refractivity contribution is 6.31. The number of halogens is 1. The van der Waals surface area contributed by atoms with Gasteiger partial charge >= 0.3 is 6.03 Å². The molecule has 1 saturated heterocycles. The maximum Gasteiger partial charge on any atom is 0.319 e. The van der Waals surface area contributed by atoms with Crippen molar-refractivity contribution in [3.8, 4) is 17.2 Å². The van der Waals surface area contributed by atoms with Crippen LogP contribution in [0.3, 0.4) is 0 Å². The molecule has 1 aliphatic heterocycles. The molecule has 0 aliphatic carbocycles. The van der Waals surface area contributed by atoms with Crippen LogP contribution in [0.4, 0.5) is 10.5 Å². The van der Waals surface area contributed by atoms with Crippen LogP contribution < -0.4 is 25.8 Å². The number of nitrogens with one attached hydrogen (secondary N) is 2. The SMILES string of the molecule is Cc1cc(NC(=O)NCc2cccc(Oc3ccnc(C(N)=O)c3)c2)c(OCCN2CCCC2)cc1Cl. The van der Waals surface area contributed by atoms with Crippen LogP contribution in [0.1, 0.15) is 34.5 Å². The Labute approximate surface area is 220 Å². The Morgan fingerprint density at radius 2 is 1.89 bits per heavy atom. The van der Waals surface area contributed by atoms with Gasteiger partial charge in [-0.15, -0.1) is 0 Å². The highest BCUT2D eigenvalue weighted by Gasteiger charge is 2.14. The van der Waals surface area contributed by atoms with Crippen molar-refractivity contribution in [2.75, 3.05) is 31.6 Å². The minimum absolute atomic E-state index is 0.115. The first-order valence-electron chi connectivity index (χ1n) is 12.1. The van der Waals surface area contributed by atoms with E-state index in [2.05, 4.69) is 20.5 Å². The van der Waals surface area contributed by atoms with Gasteiger partial charge < -0.3 is 25.8 Å². The number of hydrogen-bond acceptors (Lipinski definition) is 6. The van der Waals surface area contributed by atoms with E-state index in [1.54, 1.807) is 30.3 Å². The Morgan fingerprint density at radius 1 is 1.11 bits per heavy atom. The second kappa shape index (κ2) is 12.4. The third kappa shape index (κ3) is 7.58. The Balaban J connectivity index is 1.34. The number of aromatic nitrogens is 1. The van der Waals surface area contributed by atoms with Gasteiger partial charge in [0.25, 0.3) is 5.91 Å². The van der Waals surface area contributed by atoms with Gasteiger partial charge in [-0.25, -0.2) is 4.79 Å². The van der Waals surface area contributed by atoms with E-state index in [0.29, 0.717) is 34.6 Å². The van der Waals surface area contributed by atoms with Gasteiger partial charge in [-0.05, 0) is 68.2 Å². The molecular weight excluding hydrogens is 494 g/mol. The van der Waals surface area contributed by atoms with Crippen LogP contribution in [0.25, 0.3) is 0 Å². The molecule has 0 radical (unpaired) electrons. The first-order valence-corrected chi connectivity index (χ1v) is 12.5. The molecule has 194 valence electrons. The second-order valence-corrected chi connectivity index (χ2v) is 9.20. The van der Waals surface area contributed by atoms with Gasteiger partial charge in [0.1, 0.15) is 29.5 Å². The minimum atomic E-state index is -0.634. The average Bonchev–Trinajstić information content (AvgIpc) is 3.40. The lowest BCUT2D eigenvalue weighted by atomic mass is 10.2. The summed E-state index contributed by atoms with van der Waals surface area (Å²) >= 11 is 6.31. The highest BCUT2D eigenvalue weighted by atomic mass is 35.5. The number of carbonyl (C=O) groups is 2. The van der Waals surface area contributed by atoms with Gasteiger partial charge in [-0.3, -0.25) is 14.7 Å². The number of hydrogen-bond donors (Lipinski definition) is 3. The lowest BCUT2D eigenvalue weighted by Gasteiger charge is -2.18. The summed E-state index contributed by atoms with van der Waals surface area (Å²) in [5, 5.41) is 6.30. The Hall–Kier alpha value is -3.82. The molecule has 0 atom stereocenters. The summed E-state index contributed by atoms with van der Waals surface area (Å²) in [5.41, 5.74) is 7.61. The fourth-order valence-electron chi connectivity index (χ4n) is 3.98. The summed E-state index contributed by atoms with van der Waals surface area (Å²) in [6.45, 7) is 5.67. The number of benzene rings is 2. The first kappa shape index (κ1) is 26.2. The summed E-state index contributed by atoms with van der Waals surface area (Å²) in [7, 11) is 0. The molecular formula is C27H30ClN5O4. The lowest BCUT2D eigenvalue weighted by molar-refractivity contribution is 0.0995. The van der Waals surface area contributed by atoms with E-state index in [4.69, 9.17) is 26.8 Å². The molecule has 1 aliphatic rings. The van der Waals surface area contributed by atoms with E-state index in [1.165, 1.54) is 25.1 Å². The molecule has 3 amide bonds. The predicted octanol–water partition coefficient (Wildman–Crippen LogP) is 4.73.